The van der Waals surface area contributed by atoms with Crippen LogP contribution >= 0.6 is 0 Å². The fourth-order valence-corrected chi connectivity index (χ4v) is 16.5. The molecule has 52 heavy (non-hydrogen) atoms. The van der Waals surface area contributed by atoms with Crippen molar-refractivity contribution in [2.75, 3.05) is 6.61 Å². The van der Waals surface area contributed by atoms with Gasteiger partial charge >= 0.3 is 0 Å². The molecule has 8 aliphatic carbocycles. The lowest BCUT2D eigenvalue weighted by molar-refractivity contribution is -0.175. The summed E-state index contributed by atoms with van der Waals surface area (Å²) in [5.74, 6) is 6.24. The molecule has 8 saturated carbocycles. The van der Waals surface area contributed by atoms with Crippen LogP contribution in [0.2, 0.25) is 0 Å². The fourth-order valence-electron chi connectivity index (χ4n) is 16.5. The van der Waals surface area contributed by atoms with E-state index in [2.05, 4.69) is 34.6 Å². The molecule has 6 nitrogen and oxygen atoms in total. The molecule has 0 radical (unpaired) electrons. The van der Waals surface area contributed by atoms with E-state index in [-0.39, 0.29) is 68.5 Å². The summed E-state index contributed by atoms with van der Waals surface area (Å²) in [7, 11) is 0. The Morgan fingerprint density at radius 1 is 0.577 bits per heavy atom. The first-order valence-corrected chi connectivity index (χ1v) is 21.4. The van der Waals surface area contributed by atoms with Gasteiger partial charge in [-0.2, -0.15) is 0 Å². The number of carbonyl (C=O) groups is 1. The van der Waals surface area contributed by atoms with E-state index in [4.69, 9.17) is 0 Å². The molecule has 8 fully saturated rings. The van der Waals surface area contributed by atoms with Gasteiger partial charge in [0, 0.05) is 17.9 Å². The first kappa shape index (κ1) is 42.6. The van der Waals surface area contributed by atoms with Gasteiger partial charge in [-0.25, -0.2) is 0 Å². The van der Waals surface area contributed by atoms with E-state index in [0.29, 0.717) is 64.1 Å². The molecule has 0 aromatic rings. The maximum atomic E-state index is 11.5. The van der Waals surface area contributed by atoms with Crippen molar-refractivity contribution in [1.82, 2.24) is 0 Å². The van der Waals surface area contributed by atoms with E-state index in [1.165, 1.54) is 44.9 Å². The van der Waals surface area contributed by atoms with Crippen LogP contribution in [0.4, 0.5) is 0 Å². The van der Waals surface area contributed by atoms with E-state index in [0.717, 1.165) is 70.0 Å². The number of hydrogen-bond acceptors (Lipinski definition) is 6. The van der Waals surface area contributed by atoms with Crippen molar-refractivity contribution < 1.29 is 30.3 Å². The second kappa shape index (κ2) is 15.4. The Morgan fingerprint density at radius 3 is 1.42 bits per heavy atom. The second-order valence-corrected chi connectivity index (χ2v) is 20.9. The van der Waals surface area contributed by atoms with E-state index in [1.54, 1.807) is 0 Å². The first-order valence-electron chi connectivity index (χ1n) is 21.4. The van der Waals surface area contributed by atoms with Crippen LogP contribution in [0.1, 0.15) is 159 Å². The number of aldehydes is 1. The molecule has 5 N–H and O–H groups in total. The third-order valence-electron chi connectivity index (χ3n) is 19.5. The van der Waals surface area contributed by atoms with Crippen LogP contribution < -0.4 is 0 Å². The highest BCUT2D eigenvalue weighted by atomic mass is 16.3. The monoisotopic (exact) mass is 731 g/mol. The van der Waals surface area contributed by atoms with Gasteiger partial charge < -0.3 is 30.3 Å². The van der Waals surface area contributed by atoms with E-state index >= 15 is 0 Å². The highest BCUT2D eigenvalue weighted by molar-refractivity contribution is 5.54. The minimum absolute atomic E-state index is 0. The molecule has 0 heterocycles. The number of aliphatic hydroxyl groups excluding tert-OH is 5. The number of fused-ring (bicyclic) bond motifs is 10. The van der Waals surface area contributed by atoms with Crippen molar-refractivity contribution >= 4 is 6.29 Å². The van der Waals surface area contributed by atoms with Crippen molar-refractivity contribution in [3.63, 3.8) is 0 Å². The van der Waals surface area contributed by atoms with Crippen molar-refractivity contribution in [3.05, 3.63) is 0 Å². The fraction of sp³-hybridized carbons (Fsp3) is 0.978. The van der Waals surface area contributed by atoms with E-state index < -0.39 is 0 Å². The average molecular weight is 731 g/mol. The summed E-state index contributed by atoms with van der Waals surface area (Å²) in [5.41, 5.74) is 0.503. The number of rotatable bonds is 4. The van der Waals surface area contributed by atoms with E-state index in [9.17, 15) is 30.3 Å². The van der Waals surface area contributed by atoms with Gasteiger partial charge in [0.1, 0.15) is 6.29 Å². The number of aliphatic hydroxyl groups is 5. The minimum Gasteiger partial charge on any atom is -0.396 e. The lowest BCUT2D eigenvalue weighted by atomic mass is 9.43. The summed E-state index contributed by atoms with van der Waals surface area (Å²) in [4.78, 5) is 11.5. The standard InChI is InChI=1S/C22H38O3.C22H36O3.2CH4/c2*1-13(12-23)17-6-7-18-16-5-4-14-10-15(24)8-9-21(14,2)19(16)11-20(25)22(17,18)3;;/h13-20,23-25H,4-12H2,1-3H3;12-20,24-25H,4-11H2,1-3H3;2*1H4/t2*13-,14-,15-,16?,17-,18?,19?,20+,21+,22-;;/m11../s1. The van der Waals surface area contributed by atoms with Crippen LogP contribution in [0.5, 0.6) is 0 Å². The summed E-state index contributed by atoms with van der Waals surface area (Å²) in [6.45, 7) is 14.0. The zero-order valence-corrected chi connectivity index (χ0v) is 32.5. The minimum atomic E-state index is -0.281. The van der Waals surface area contributed by atoms with Crippen LogP contribution in [-0.2, 0) is 4.79 Å². The van der Waals surface area contributed by atoms with E-state index in [1.807, 2.05) is 6.92 Å². The molecule has 0 spiro atoms. The normalized spacial score (nSPS) is 54.4. The first-order chi connectivity index (χ1) is 23.6. The highest BCUT2D eigenvalue weighted by Gasteiger charge is 2.65. The molecule has 8 aliphatic rings. The lowest BCUT2D eigenvalue weighted by Crippen LogP contribution is -2.58. The lowest BCUT2D eigenvalue weighted by Gasteiger charge is -2.62. The molecule has 0 aliphatic heterocycles. The van der Waals surface area contributed by atoms with Crippen LogP contribution in [0, 0.1) is 92.7 Å². The molecule has 302 valence electrons. The van der Waals surface area contributed by atoms with Gasteiger partial charge in [-0.3, -0.25) is 0 Å². The third-order valence-corrected chi connectivity index (χ3v) is 19.5. The smallest absolute Gasteiger partial charge is 0.123 e. The van der Waals surface area contributed by atoms with Crippen molar-refractivity contribution in [3.8, 4) is 0 Å². The van der Waals surface area contributed by atoms with Gasteiger partial charge in [-0.05, 0) is 184 Å². The predicted molar refractivity (Wildman–Crippen MR) is 210 cm³/mol. The molecule has 0 bridgehead atoms. The molecule has 6 heteroatoms. The molecular weight excluding hydrogens is 649 g/mol. The molecular formula is C46H82O6. The van der Waals surface area contributed by atoms with Crippen LogP contribution in [0.25, 0.3) is 0 Å². The Bertz CT molecular complexity index is 1230. The Kier molecular flexibility index (Phi) is 12.6. The summed E-state index contributed by atoms with van der Waals surface area (Å²) >= 11 is 0. The quantitative estimate of drug-likeness (QED) is 0.185. The van der Waals surface area contributed by atoms with Crippen molar-refractivity contribution in [2.24, 2.45) is 92.7 Å². The largest absolute Gasteiger partial charge is 0.396 e. The van der Waals surface area contributed by atoms with Gasteiger partial charge in [-0.1, -0.05) is 56.4 Å². The summed E-state index contributed by atoms with van der Waals surface area (Å²) < 4.78 is 0. The number of carbonyl (C=O) groups excluding carboxylic acids is 1. The molecule has 0 amide bonds. The molecule has 8 rings (SSSR count). The maximum Gasteiger partial charge on any atom is 0.123 e. The van der Waals surface area contributed by atoms with Gasteiger partial charge in [0.25, 0.3) is 0 Å². The molecule has 6 unspecified atom stereocenters. The Hall–Kier alpha value is -0.530. The van der Waals surface area contributed by atoms with Crippen LogP contribution in [0.15, 0.2) is 0 Å². The van der Waals surface area contributed by atoms with Gasteiger partial charge in [0.05, 0.1) is 24.4 Å². The van der Waals surface area contributed by atoms with Gasteiger partial charge in [0.2, 0.25) is 0 Å². The van der Waals surface area contributed by atoms with Crippen molar-refractivity contribution in [1.29, 1.82) is 0 Å². The predicted octanol–water partition coefficient (Wildman–Crippen LogP) is 8.69. The number of hydrogen-bond donors (Lipinski definition) is 5. The topological polar surface area (TPSA) is 118 Å². The van der Waals surface area contributed by atoms with Gasteiger partial charge in [-0.15, -0.1) is 0 Å². The zero-order valence-electron chi connectivity index (χ0n) is 32.5. The Labute approximate surface area is 318 Å². The van der Waals surface area contributed by atoms with Crippen LogP contribution in [-0.4, -0.2) is 62.8 Å². The summed E-state index contributed by atoms with van der Waals surface area (Å²) in [6.07, 6.45) is 18.0. The maximum absolute atomic E-state index is 11.5. The SMILES string of the molecule is C.C.C[C@H](C=O)[C@H]1CCC2C3CC[C@@H]4C[C@H](O)CC[C@]4(C)C3C[C@H](O)[C@@]21C.C[C@H](CO)[C@H]1CCC2C3CC[C@@H]4C[C@H](O)CC[C@]4(C)C3C[C@H](O)[C@@]21C. The third kappa shape index (κ3) is 6.33. The molecule has 0 aromatic carbocycles. The molecule has 0 saturated heterocycles. The zero-order chi connectivity index (χ0) is 36.0. The Morgan fingerprint density at radius 2 is 1.00 bits per heavy atom. The average Bonchev–Trinajstić information content (AvgIpc) is 3.65. The molecule has 20 atom stereocenters. The van der Waals surface area contributed by atoms with Gasteiger partial charge in [0.15, 0.2) is 0 Å². The summed E-state index contributed by atoms with van der Waals surface area (Å²) in [5, 5.41) is 52.6. The summed E-state index contributed by atoms with van der Waals surface area (Å²) in [6, 6.07) is 0. The van der Waals surface area contributed by atoms with Crippen molar-refractivity contribution in [2.45, 2.75) is 184 Å². The van der Waals surface area contributed by atoms with Crippen LogP contribution in [0.3, 0.4) is 0 Å². The second-order valence-electron chi connectivity index (χ2n) is 20.9. The molecule has 0 aromatic heterocycles. The Balaban J connectivity index is 0.000000194. The highest BCUT2D eigenvalue weighted by Crippen LogP contribution is 2.70.